The zero-order valence-electron chi connectivity index (χ0n) is 24.3. The Labute approximate surface area is 246 Å². The van der Waals surface area contributed by atoms with Gasteiger partial charge < -0.3 is 15.2 Å². The van der Waals surface area contributed by atoms with Crippen molar-refractivity contribution in [3.05, 3.63) is 65.0 Å². The zero-order valence-corrected chi connectivity index (χ0v) is 25.1. The molecule has 0 unspecified atom stereocenters. The molecule has 1 atom stereocenters. The number of sulfonamides is 1. The molecule has 0 aliphatic heterocycles. The largest absolute Gasteiger partial charge is 0.478 e. The van der Waals surface area contributed by atoms with Crippen molar-refractivity contribution in [1.82, 2.24) is 15.3 Å². The highest BCUT2D eigenvalue weighted by molar-refractivity contribution is 7.92. The van der Waals surface area contributed by atoms with Crippen molar-refractivity contribution in [2.45, 2.75) is 76.8 Å². The lowest BCUT2D eigenvalue weighted by molar-refractivity contribution is 0.0696. The van der Waals surface area contributed by atoms with Crippen LogP contribution in [0.4, 0.5) is 10.3 Å². The third kappa shape index (κ3) is 6.57. The zero-order chi connectivity index (χ0) is 30.2. The Balaban J connectivity index is 1.46. The standard InChI is InChI=1S/C31H37FN4O5S/c1-18(2)13-22(33-23-15-31(16-23)11-12-31)17-41-28-26(32)27(25-19(3)7-5-8-20(25)4)34-30(35-28)36-42(39,40)24-10-6-9-21(14-24)29(37)38/h5-10,14,18,22-23,33H,11-13,15-17H2,1-4H3,(H,37,38)(H,34,35,36)/t22-/m1/s1. The molecule has 2 saturated carbocycles. The van der Waals surface area contributed by atoms with E-state index in [1.165, 1.54) is 31.0 Å². The number of hydrogen-bond donors (Lipinski definition) is 3. The fraction of sp³-hybridized carbons (Fsp3) is 0.452. The number of carboxylic acid groups (broad SMARTS) is 1. The first-order valence-electron chi connectivity index (χ1n) is 14.2. The quantitative estimate of drug-likeness (QED) is 0.242. The number of nitrogens with zero attached hydrogens (tertiary/aromatic N) is 2. The molecule has 2 aliphatic rings. The maximum Gasteiger partial charge on any atom is 0.335 e. The van der Waals surface area contributed by atoms with Gasteiger partial charge in [-0.1, -0.05) is 38.1 Å². The van der Waals surface area contributed by atoms with Crippen LogP contribution in [0.15, 0.2) is 47.4 Å². The molecule has 1 aromatic heterocycles. The van der Waals surface area contributed by atoms with E-state index in [2.05, 4.69) is 33.9 Å². The topological polar surface area (TPSA) is 131 Å². The Morgan fingerprint density at radius 3 is 2.40 bits per heavy atom. The minimum Gasteiger partial charge on any atom is -0.478 e. The summed E-state index contributed by atoms with van der Waals surface area (Å²) in [4.78, 5) is 19.5. The molecule has 42 heavy (non-hydrogen) atoms. The van der Waals surface area contributed by atoms with Gasteiger partial charge in [-0.15, -0.1) is 0 Å². The van der Waals surface area contributed by atoms with E-state index >= 15 is 4.39 Å². The Morgan fingerprint density at radius 1 is 1.12 bits per heavy atom. The average molecular weight is 597 g/mol. The van der Waals surface area contributed by atoms with Crippen LogP contribution in [0.25, 0.3) is 11.3 Å². The molecule has 0 radical (unpaired) electrons. The summed E-state index contributed by atoms with van der Waals surface area (Å²) in [6, 6.07) is 10.8. The lowest BCUT2D eigenvalue weighted by Gasteiger charge is -2.39. The minimum absolute atomic E-state index is 0.0389. The van der Waals surface area contributed by atoms with Crippen molar-refractivity contribution >= 4 is 21.9 Å². The second kappa shape index (κ2) is 11.6. The molecular weight excluding hydrogens is 559 g/mol. The van der Waals surface area contributed by atoms with E-state index in [-0.39, 0.29) is 40.6 Å². The van der Waals surface area contributed by atoms with Gasteiger partial charge in [-0.3, -0.25) is 0 Å². The van der Waals surface area contributed by atoms with Crippen LogP contribution in [0.2, 0.25) is 0 Å². The summed E-state index contributed by atoms with van der Waals surface area (Å²) >= 11 is 0. The van der Waals surface area contributed by atoms with Crippen LogP contribution in [0.1, 0.15) is 67.4 Å². The van der Waals surface area contributed by atoms with Gasteiger partial charge in [0.05, 0.1) is 10.5 Å². The van der Waals surface area contributed by atoms with Gasteiger partial charge in [0.15, 0.2) is 0 Å². The molecule has 1 heterocycles. The highest BCUT2D eigenvalue weighted by Crippen LogP contribution is 2.60. The molecule has 11 heteroatoms. The van der Waals surface area contributed by atoms with E-state index in [4.69, 9.17) is 4.74 Å². The number of halogens is 1. The normalized spacial score (nSPS) is 16.7. The minimum atomic E-state index is -4.31. The van der Waals surface area contributed by atoms with Crippen LogP contribution >= 0.6 is 0 Å². The molecule has 224 valence electrons. The van der Waals surface area contributed by atoms with Gasteiger partial charge in [-0.05, 0) is 86.6 Å². The van der Waals surface area contributed by atoms with E-state index in [0.717, 1.165) is 36.5 Å². The van der Waals surface area contributed by atoms with Crippen LogP contribution in [0, 0.1) is 31.0 Å². The third-order valence-corrected chi connectivity index (χ3v) is 9.45. The average Bonchev–Trinajstić information content (AvgIpc) is 3.69. The fourth-order valence-corrected chi connectivity index (χ4v) is 6.84. The van der Waals surface area contributed by atoms with Crippen LogP contribution in [-0.4, -0.2) is 48.2 Å². The molecule has 3 aromatic rings. The van der Waals surface area contributed by atoms with Gasteiger partial charge >= 0.3 is 5.97 Å². The summed E-state index contributed by atoms with van der Waals surface area (Å²) in [5.74, 6) is -2.41. The van der Waals surface area contributed by atoms with Crippen molar-refractivity contribution in [2.75, 3.05) is 11.3 Å². The number of carbonyl (C=O) groups is 1. The van der Waals surface area contributed by atoms with E-state index in [1.807, 2.05) is 32.0 Å². The Bertz CT molecular complexity index is 1580. The summed E-state index contributed by atoms with van der Waals surface area (Å²) in [5, 5.41) is 13.0. The number of anilines is 1. The maximum absolute atomic E-state index is 16.0. The highest BCUT2D eigenvalue weighted by Gasteiger charge is 2.53. The third-order valence-electron chi connectivity index (χ3n) is 8.12. The smallest absolute Gasteiger partial charge is 0.335 e. The van der Waals surface area contributed by atoms with Gasteiger partial charge in [-0.25, -0.2) is 22.9 Å². The van der Waals surface area contributed by atoms with Gasteiger partial charge in [-0.2, -0.15) is 9.37 Å². The highest BCUT2D eigenvalue weighted by atomic mass is 32.2. The van der Waals surface area contributed by atoms with Crippen LogP contribution in [0.5, 0.6) is 5.88 Å². The number of nitrogens with one attached hydrogen (secondary N) is 2. The van der Waals surface area contributed by atoms with E-state index in [0.29, 0.717) is 22.9 Å². The molecule has 2 fully saturated rings. The Morgan fingerprint density at radius 2 is 1.79 bits per heavy atom. The summed E-state index contributed by atoms with van der Waals surface area (Å²) in [7, 11) is -4.31. The molecular formula is C31H37FN4O5S. The lowest BCUT2D eigenvalue weighted by atomic mass is 9.76. The first-order valence-corrected chi connectivity index (χ1v) is 15.7. The van der Waals surface area contributed by atoms with E-state index in [9.17, 15) is 18.3 Å². The molecule has 0 bridgehead atoms. The first-order chi connectivity index (χ1) is 19.9. The second-order valence-electron chi connectivity index (χ2n) is 12.1. The Kier molecular flexibility index (Phi) is 8.26. The summed E-state index contributed by atoms with van der Waals surface area (Å²) < 4.78 is 50.8. The monoisotopic (exact) mass is 596 g/mol. The fourth-order valence-electron chi connectivity index (χ4n) is 5.85. The van der Waals surface area contributed by atoms with Crippen molar-refractivity contribution in [1.29, 1.82) is 0 Å². The molecule has 5 rings (SSSR count). The predicted molar refractivity (Wildman–Crippen MR) is 158 cm³/mol. The van der Waals surface area contributed by atoms with Gasteiger partial charge in [0.25, 0.3) is 15.9 Å². The number of benzene rings is 2. The molecule has 2 aliphatic carbocycles. The number of rotatable bonds is 12. The SMILES string of the molecule is Cc1cccc(C)c1-c1nc(NS(=O)(=O)c2cccc(C(=O)O)c2)nc(OC[C@@H](CC(C)C)NC2CC3(CC3)C2)c1F. The van der Waals surface area contributed by atoms with Gasteiger partial charge in [0, 0.05) is 17.6 Å². The molecule has 0 amide bonds. The van der Waals surface area contributed by atoms with Crippen LogP contribution in [-0.2, 0) is 10.0 Å². The van der Waals surface area contributed by atoms with E-state index < -0.39 is 21.8 Å². The first kappa shape index (κ1) is 29.9. The molecule has 0 saturated heterocycles. The predicted octanol–water partition coefficient (Wildman–Crippen LogP) is 5.72. The lowest BCUT2D eigenvalue weighted by Crippen LogP contribution is -2.49. The number of hydrogen-bond acceptors (Lipinski definition) is 7. The van der Waals surface area contributed by atoms with Crippen molar-refractivity contribution in [3.63, 3.8) is 0 Å². The maximum atomic E-state index is 16.0. The van der Waals surface area contributed by atoms with Gasteiger partial charge in [0.1, 0.15) is 12.3 Å². The molecule has 1 spiro atoms. The Hall–Kier alpha value is -3.57. The summed E-state index contributed by atoms with van der Waals surface area (Å²) in [6.07, 6.45) is 5.70. The molecule has 2 aromatic carbocycles. The van der Waals surface area contributed by atoms with Gasteiger partial charge in [0.2, 0.25) is 11.8 Å². The van der Waals surface area contributed by atoms with Crippen LogP contribution in [0.3, 0.4) is 0 Å². The number of ether oxygens (including phenoxy) is 1. The number of aromatic nitrogens is 2. The van der Waals surface area contributed by atoms with Crippen molar-refractivity contribution in [3.8, 4) is 17.1 Å². The van der Waals surface area contributed by atoms with E-state index in [1.54, 1.807) is 0 Å². The summed E-state index contributed by atoms with van der Waals surface area (Å²) in [5.41, 5.74) is 2.27. The van der Waals surface area contributed by atoms with Crippen molar-refractivity contribution < 1.29 is 27.4 Å². The van der Waals surface area contributed by atoms with Crippen LogP contribution < -0.4 is 14.8 Å². The number of aromatic carboxylic acids is 1. The second-order valence-corrected chi connectivity index (χ2v) is 13.8. The molecule has 3 N–H and O–H groups in total. The number of carboxylic acids is 1. The van der Waals surface area contributed by atoms with Crippen molar-refractivity contribution in [2.24, 2.45) is 11.3 Å². The molecule has 9 nitrogen and oxygen atoms in total. The summed E-state index contributed by atoms with van der Waals surface area (Å²) in [6.45, 7) is 8.02. The number of aryl methyl sites for hydroxylation is 2.